The number of nitrogens with one attached hydrogen (secondary N) is 2. The number of benzene rings is 3. The Morgan fingerprint density at radius 3 is 2.35 bits per heavy atom. The molecule has 0 radical (unpaired) electrons. The lowest BCUT2D eigenvalue weighted by Gasteiger charge is -2.11. The molecule has 0 saturated carbocycles. The van der Waals surface area contributed by atoms with Gasteiger partial charge in [0.2, 0.25) is 11.8 Å². The number of hydrazone groups is 1. The third kappa shape index (κ3) is 5.92. The van der Waals surface area contributed by atoms with Crippen LogP contribution in [-0.2, 0) is 9.59 Å². The first-order valence-electron chi connectivity index (χ1n) is 10.9. The molecule has 7 nitrogen and oxygen atoms in total. The minimum Gasteiger partial charge on any atom is -0.326 e. The Morgan fingerprint density at radius 2 is 1.59 bits per heavy atom. The Bertz CT molecular complexity index is 1240. The molecular weight excluding hydrogens is 435 g/mol. The van der Waals surface area contributed by atoms with Gasteiger partial charge < -0.3 is 10.6 Å². The van der Waals surface area contributed by atoms with Crippen LogP contribution >= 0.6 is 0 Å². The Kier molecular flexibility index (Phi) is 7.07. The van der Waals surface area contributed by atoms with Crippen molar-refractivity contribution in [3.05, 3.63) is 95.8 Å². The van der Waals surface area contributed by atoms with Gasteiger partial charge in [0.05, 0.1) is 12.3 Å². The molecule has 3 aromatic carbocycles. The molecule has 8 heteroatoms. The van der Waals surface area contributed by atoms with Gasteiger partial charge in [-0.15, -0.1) is 0 Å². The van der Waals surface area contributed by atoms with Gasteiger partial charge in [-0.25, -0.2) is 9.40 Å². The molecule has 0 aliphatic carbocycles. The van der Waals surface area contributed by atoms with Crippen LogP contribution in [0.2, 0.25) is 0 Å². The highest BCUT2D eigenvalue weighted by Gasteiger charge is 2.22. The van der Waals surface area contributed by atoms with Gasteiger partial charge in [-0.1, -0.05) is 42.5 Å². The maximum absolute atomic E-state index is 13.3. The third-order valence-electron chi connectivity index (χ3n) is 5.25. The van der Waals surface area contributed by atoms with Crippen molar-refractivity contribution in [1.82, 2.24) is 5.01 Å². The van der Waals surface area contributed by atoms with Crippen molar-refractivity contribution in [2.24, 2.45) is 5.10 Å². The lowest BCUT2D eigenvalue weighted by Crippen LogP contribution is -2.25. The fraction of sp³-hybridized carbons (Fsp3) is 0.154. The summed E-state index contributed by atoms with van der Waals surface area (Å²) in [6, 6.07) is 21.6. The summed E-state index contributed by atoms with van der Waals surface area (Å²) in [4.78, 5) is 37.3. The zero-order chi connectivity index (χ0) is 23.9. The first-order chi connectivity index (χ1) is 16.5. The van der Waals surface area contributed by atoms with E-state index in [9.17, 15) is 18.8 Å². The van der Waals surface area contributed by atoms with Crippen molar-refractivity contribution in [3.8, 4) is 0 Å². The molecule has 0 spiro atoms. The summed E-state index contributed by atoms with van der Waals surface area (Å²) in [5.74, 6) is -1.45. The first kappa shape index (κ1) is 22.8. The number of hydrogen-bond acceptors (Lipinski definition) is 4. The maximum Gasteiger partial charge on any atom is 0.255 e. The number of carbonyl (C=O) groups is 3. The van der Waals surface area contributed by atoms with E-state index >= 15 is 0 Å². The fourth-order valence-electron chi connectivity index (χ4n) is 3.55. The minimum atomic E-state index is -0.454. The van der Waals surface area contributed by atoms with Gasteiger partial charge in [-0.05, 0) is 42.0 Å². The van der Waals surface area contributed by atoms with Crippen LogP contribution in [0.4, 0.5) is 15.8 Å². The van der Waals surface area contributed by atoms with Crippen LogP contribution in [0.3, 0.4) is 0 Å². The molecule has 172 valence electrons. The molecule has 1 aliphatic heterocycles. The Morgan fingerprint density at radius 1 is 0.853 bits per heavy atom. The monoisotopic (exact) mass is 458 g/mol. The van der Waals surface area contributed by atoms with E-state index in [2.05, 4.69) is 15.7 Å². The molecule has 2 N–H and O–H groups in total. The Labute approximate surface area is 196 Å². The molecule has 1 heterocycles. The van der Waals surface area contributed by atoms with Crippen molar-refractivity contribution in [2.75, 3.05) is 17.2 Å². The van der Waals surface area contributed by atoms with Gasteiger partial charge in [-0.2, -0.15) is 5.10 Å². The lowest BCUT2D eigenvalue weighted by atomic mass is 10.1. The standard InChI is InChI=1S/C26H23FN4O3/c27-20-9-5-11-22(17-20)29-26(34)19-8-4-10-21(16-19)28-24(32)12-13-25(33)31-15-14-23(30-31)18-6-2-1-3-7-18/h1-11,16-17H,12-15H2,(H,28,32)(H,29,34). The van der Waals surface area contributed by atoms with Crippen molar-refractivity contribution < 1.29 is 18.8 Å². The summed E-state index contributed by atoms with van der Waals surface area (Å²) >= 11 is 0. The predicted octanol–water partition coefficient (Wildman–Crippen LogP) is 4.43. The van der Waals surface area contributed by atoms with Crippen molar-refractivity contribution in [3.63, 3.8) is 0 Å². The second-order valence-electron chi connectivity index (χ2n) is 7.77. The maximum atomic E-state index is 13.3. The van der Waals surface area contributed by atoms with Crippen LogP contribution in [0.1, 0.15) is 35.2 Å². The number of carbonyl (C=O) groups excluding carboxylic acids is 3. The average Bonchev–Trinajstić information content (AvgIpc) is 3.34. The topological polar surface area (TPSA) is 90.9 Å². The Hall–Kier alpha value is -4.33. The van der Waals surface area contributed by atoms with E-state index in [1.54, 1.807) is 24.3 Å². The van der Waals surface area contributed by atoms with E-state index in [1.165, 1.54) is 29.3 Å². The molecule has 0 aromatic heterocycles. The molecule has 4 rings (SSSR count). The van der Waals surface area contributed by atoms with Crippen LogP contribution < -0.4 is 10.6 Å². The van der Waals surface area contributed by atoms with E-state index in [4.69, 9.17) is 0 Å². The van der Waals surface area contributed by atoms with Crippen molar-refractivity contribution in [1.29, 1.82) is 0 Å². The van der Waals surface area contributed by atoms with E-state index in [0.717, 1.165) is 11.3 Å². The molecule has 0 unspecified atom stereocenters. The van der Waals surface area contributed by atoms with Crippen LogP contribution in [0.5, 0.6) is 0 Å². The summed E-state index contributed by atoms with van der Waals surface area (Å²) in [5.41, 5.74) is 2.90. The molecule has 1 aliphatic rings. The fourth-order valence-corrected chi connectivity index (χ4v) is 3.55. The molecule has 0 atom stereocenters. The highest BCUT2D eigenvalue weighted by Crippen LogP contribution is 2.17. The van der Waals surface area contributed by atoms with Crippen molar-refractivity contribution >= 4 is 34.8 Å². The van der Waals surface area contributed by atoms with Gasteiger partial charge in [0.15, 0.2) is 0 Å². The second-order valence-corrected chi connectivity index (χ2v) is 7.77. The molecule has 0 fully saturated rings. The number of hydrogen-bond donors (Lipinski definition) is 2. The normalized spacial score (nSPS) is 12.7. The summed E-state index contributed by atoms with van der Waals surface area (Å²) in [5, 5.41) is 11.1. The predicted molar refractivity (Wildman–Crippen MR) is 128 cm³/mol. The zero-order valence-electron chi connectivity index (χ0n) is 18.3. The summed E-state index contributed by atoms with van der Waals surface area (Å²) in [6.07, 6.45) is 0.689. The summed E-state index contributed by atoms with van der Waals surface area (Å²) in [7, 11) is 0. The molecule has 3 amide bonds. The largest absolute Gasteiger partial charge is 0.326 e. The van der Waals surface area contributed by atoms with Gasteiger partial charge in [0.25, 0.3) is 5.91 Å². The molecule has 34 heavy (non-hydrogen) atoms. The summed E-state index contributed by atoms with van der Waals surface area (Å²) < 4.78 is 13.3. The number of halogens is 1. The van der Waals surface area contributed by atoms with E-state index in [-0.39, 0.29) is 24.7 Å². The number of nitrogens with zero attached hydrogens (tertiary/aromatic N) is 2. The SMILES string of the molecule is O=C(CCC(=O)N1CCC(c2ccccc2)=N1)Nc1cccc(C(=O)Nc2cccc(F)c2)c1. The van der Waals surface area contributed by atoms with Crippen LogP contribution in [0.15, 0.2) is 84.0 Å². The highest BCUT2D eigenvalue weighted by molar-refractivity contribution is 6.05. The number of amides is 3. The van der Waals surface area contributed by atoms with Crippen LogP contribution in [-0.4, -0.2) is 35.0 Å². The molecular formula is C26H23FN4O3. The van der Waals surface area contributed by atoms with Crippen LogP contribution in [0.25, 0.3) is 0 Å². The minimum absolute atomic E-state index is 0.00869. The van der Waals surface area contributed by atoms with Gasteiger partial charge in [-0.3, -0.25) is 14.4 Å². The van der Waals surface area contributed by atoms with E-state index in [1.807, 2.05) is 30.3 Å². The molecule has 0 bridgehead atoms. The number of anilines is 2. The smallest absolute Gasteiger partial charge is 0.255 e. The Balaban J connectivity index is 1.29. The quantitative estimate of drug-likeness (QED) is 0.549. The van der Waals surface area contributed by atoms with Gasteiger partial charge in [0, 0.05) is 36.2 Å². The molecule has 3 aromatic rings. The highest BCUT2D eigenvalue weighted by atomic mass is 19.1. The van der Waals surface area contributed by atoms with E-state index in [0.29, 0.717) is 29.9 Å². The second kappa shape index (κ2) is 10.5. The van der Waals surface area contributed by atoms with Crippen LogP contribution in [0, 0.1) is 5.82 Å². The van der Waals surface area contributed by atoms with Crippen molar-refractivity contribution in [2.45, 2.75) is 19.3 Å². The zero-order valence-corrected chi connectivity index (χ0v) is 18.3. The third-order valence-corrected chi connectivity index (χ3v) is 5.25. The lowest BCUT2D eigenvalue weighted by molar-refractivity contribution is -0.132. The average molecular weight is 458 g/mol. The van der Waals surface area contributed by atoms with Gasteiger partial charge in [0.1, 0.15) is 5.82 Å². The summed E-state index contributed by atoms with van der Waals surface area (Å²) in [6.45, 7) is 0.493. The molecule has 0 saturated heterocycles. The van der Waals surface area contributed by atoms with E-state index < -0.39 is 11.7 Å². The number of rotatable bonds is 7. The first-order valence-corrected chi connectivity index (χ1v) is 10.9. The van der Waals surface area contributed by atoms with Gasteiger partial charge >= 0.3 is 0 Å².